The molecule has 132 valence electrons. The molecule has 26 heavy (non-hydrogen) atoms. The maximum absolute atomic E-state index is 12.7. The maximum atomic E-state index is 12.7. The van der Waals surface area contributed by atoms with Crippen LogP contribution in [0.3, 0.4) is 0 Å². The van der Waals surface area contributed by atoms with Crippen LogP contribution in [0.25, 0.3) is 0 Å². The minimum absolute atomic E-state index is 0.0525. The summed E-state index contributed by atoms with van der Waals surface area (Å²) in [5.74, 6) is -0.678. The molecule has 1 aliphatic heterocycles. The topological polar surface area (TPSA) is 57.7 Å². The van der Waals surface area contributed by atoms with E-state index in [0.717, 1.165) is 12.8 Å². The first-order chi connectivity index (χ1) is 12.6. The largest absolute Gasteiger partial charge is 0.339 e. The molecular weight excluding hydrogens is 328 g/mol. The molecule has 0 saturated carbocycles. The summed E-state index contributed by atoms with van der Waals surface area (Å²) >= 11 is 0. The number of aryl methyl sites for hydroxylation is 1. The summed E-state index contributed by atoms with van der Waals surface area (Å²) in [6.07, 6.45) is 2.02. The fourth-order valence-corrected chi connectivity index (χ4v) is 3.94. The highest BCUT2D eigenvalue weighted by atomic mass is 16.2. The van der Waals surface area contributed by atoms with E-state index in [2.05, 4.69) is 12.1 Å². The summed E-state index contributed by atoms with van der Waals surface area (Å²) in [6.45, 7) is 0.115. The smallest absolute Gasteiger partial charge is 0.261 e. The van der Waals surface area contributed by atoms with Gasteiger partial charge in [0.1, 0.15) is 0 Å². The lowest BCUT2D eigenvalue weighted by molar-refractivity contribution is -0.132. The van der Waals surface area contributed by atoms with E-state index < -0.39 is 0 Å². The summed E-state index contributed by atoms with van der Waals surface area (Å²) in [5, 5.41) is 0. The lowest BCUT2D eigenvalue weighted by Crippen LogP contribution is -2.36. The van der Waals surface area contributed by atoms with Gasteiger partial charge in [-0.05, 0) is 36.1 Å². The third-order valence-electron chi connectivity index (χ3n) is 5.39. The van der Waals surface area contributed by atoms with Crippen LogP contribution in [0.4, 0.5) is 0 Å². The number of hydrogen-bond donors (Lipinski definition) is 0. The Balaban J connectivity index is 1.42. The van der Waals surface area contributed by atoms with Gasteiger partial charge in [-0.2, -0.15) is 0 Å². The second-order valence-corrected chi connectivity index (χ2v) is 6.82. The molecule has 1 aliphatic carbocycles. The number of amides is 3. The highest BCUT2D eigenvalue weighted by molar-refractivity contribution is 6.21. The first kappa shape index (κ1) is 16.5. The molecule has 0 bridgehead atoms. The molecule has 1 heterocycles. The van der Waals surface area contributed by atoms with Crippen molar-refractivity contribution in [2.24, 2.45) is 0 Å². The third-order valence-corrected chi connectivity index (χ3v) is 5.39. The van der Waals surface area contributed by atoms with E-state index in [4.69, 9.17) is 0 Å². The lowest BCUT2D eigenvalue weighted by atomic mass is 10.1. The Labute approximate surface area is 152 Å². The number of benzene rings is 2. The van der Waals surface area contributed by atoms with Crippen LogP contribution in [0.2, 0.25) is 0 Å². The Bertz CT molecular complexity index is 871. The molecule has 0 unspecified atom stereocenters. The molecule has 0 radical (unpaired) electrons. The second kappa shape index (κ2) is 6.41. The number of carbonyl (C=O) groups is 3. The van der Waals surface area contributed by atoms with Crippen LogP contribution in [0, 0.1) is 0 Å². The van der Waals surface area contributed by atoms with Crippen LogP contribution >= 0.6 is 0 Å². The van der Waals surface area contributed by atoms with E-state index in [1.807, 2.05) is 12.1 Å². The molecule has 5 nitrogen and oxygen atoms in total. The third kappa shape index (κ3) is 2.60. The van der Waals surface area contributed by atoms with Crippen LogP contribution in [0.15, 0.2) is 48.5 Å². The summed E-state index contributed by atoms with van der Waals surface area (Å²) in [4.78, 5) is 40.4. The van der Waals surface area contributed by atoms with E-state index in [1.54, 1.807) is 36.2 Å². The lowest BCUT2D eigenvalue weighted by Gasteiger charge is -2.26. The van der Waals surface area contributed by atoms with Crippen molar-refractivity contribution in [3.05, 3.63) is 70.8 Å². The minimum Gasteiger partial charge on any atom is -0.339 e. The van der Waals surface area contributed by atoms with Crippen LogP contribution in [0.1, 0.15) is 50.7 Å². The Morgan fingerprint density at radius 3 is 2.35 bits per heavy atom. The first-order valence-electron chi connectivity index (χ1n) is 8.86. The fraction of sp³-hybridized carbons (Fsp3) is 0.286. The van der Waals surface area contributed by atoms with Gasteiger partial charge in [0.2, 0.25) is 5.91 Å². The van der Waals surface area contributed by atoms with Crippen molar-refractivity contribution >= 4 is 17.7 Å². The van der Waals surface area contributed by atoms with Crippen LogP contribution in [-0.2, 0) is 11.2 Å². The Kier molecular flexibility index (Phi) is 4.07. The number of hydrogen-bond acceptors (Lipinski definition) is 3. The number of imide groups is 1. The van der Waals surface area contributed by atoms with Gasteiger partial charge in [0.05, 0.1) is 17.2 Å². The van der Waals surface area contributed by atoms with Crippen molar-refractivity contribution < 1.29 is 14.4 Å². The van der Waals surface area contributed by atoms with Crippen molar-refractivity contribution in [2.75, 3.05) is 13.6 Å². The monoisotopic (exact) mass is 348 g/mol. The average molecular weight is 348 g/mol. The fourth-order valence-electron chi connectivity index (χ4n) is 3.94. The van der Waals surface area contributed by atoms with Crippen LogP contribution in [-0.4, -0.2) is 41.1 Å². The molecule has 0 spiro atoms. The molecule has 3 amide bonds. The molecule has 1 atom stereocenters. The van der Waals surface area contributed by atoms with Crippen molar-refractivity contribution in [1.82, 2.24) is 9.80 Å². The average Bonchev–Trinajstić information content (AvgIpc) is 3.20. The standard InChI is InChI=1S/C21H20N2O3/c1-22(18-11-10-14-6-2-3-7-15(14)18)19(24)12-13-23-20(25)16-8-4-5-9-17(16)21(23)26/h2-9,18H,10-13H2,1H3/t18-/m0/s1. The molecule has 5 heteroatoms. The SMILES string of the molecule is CN(C(=O)CCN1C(=O)c2ccccc2C1=O)[C@H]1CCc2ccccc21. The van der Waals surface area contributed by atoms with Crippen molar-refractivity contribution in [1.29, 1.82) is 0 Å². The predicted molar refractivity (Wildman–Crippen MR) is 96.7 cm³/mol. The quantitative estimate of drug-likeness (QED) is 0.799. The first-order valence-corrected chi connectivity index (χ1v) is 8.86. The van der Waals surface area contributed by atoms with E-state index in [9.17, 15) is 14.4 Å². The predicted octanol–water partition coefficient (Wildman–Crippen LogP) is 2.82. The van der Waals surface area contributed by atoms with Gasteiger partial charge >= 0.3 is 0 Å². The molecule has 0 N–H and O–H groups in total. The Morgan fingerprint density at radius 2 is 1.65 bits per heavy atom. The van der Waals surface area contributed by atoms with Crippen molar-refractivity contribution in [3.8, 4) is 0 Å². The van der Waals surface area contributed by atoms with Gasteiger partial charge in [-0.3, -0.25) is 19.3 Å². The molecule has 0 aromatic heterocycles. The Morgan fingerprint density at radius 1 is 1.04 bits per heavy atom. The zero-order valence-electron chi connectivity index (χ0n) is 14.6. The summed E-state index contributed by atoms with van der Waals surface area (Å²) < 4.78 is 0. The number of rotatable bonds is 4. The summed E-state index contributed by atoms with van der Waals surface area (Å²) in [7, 11) is 1.80. The highest BCUT2D eigenvalue weighted by Crippen LogP contribution is 2.35. The second-order valence-electron chi connectivity index (χ2n) is 6.82. The van der Waals surface area contributed by atoms with E-state index in [1.165, 1.54) is 16.0 Å². The molecule has 2 aromatic rings. The van der Waals surface area contributed by atoms with Gasteiger partial charge < -0.3 is 4.90 Å². The van der Waals surface area contributed by atoms with Gasteiger partial charge in [0, 0.05) is 20.0 Å². The summed E-state index contributed by atoms with van der Waals surface area (Å²) in [5.41, 5.74) is 3.33. The number of nitrogens with zero attached hydrogens (tertiary/aromatic N) is 2. The summed E-state index contributed by atoms with van der Waals surface area (Å²) in [6, 6.07) is 15.0. The van der Waals surface area contributed by atoms with E-state index >= 15 is 0 Å². The van der Waals surface area contributed by atoms with Crippen LogP contribution < -0.4 is 0 Å². The van der Waals surface area contributed by atoms with E-state index in [-0.39, 0.29) is 36.7 Å². The van der Waals surface area contributed by atoms with E-state index in [0.29, 0.717) is 11.1 Å². The zero-order valence-corrected chi connectivity index (χ0v) is 14.6. The molecule has 0 saturated heterocycles. The maximum Gasteiger partial charge on any atom is 0.261 e. The highest BCUT2D eigenvalue weighted by Gasteiger charge is 2.36. The normalized spacial score (nSPS) is 18.0. The van der Waals surface area contributed by atoms with Crippen molar-refractivity contribution in [3.63, 3.8) is 0 Å². The van der Waals surface area contributed by atoms with Crippen LogP contribution in [0.5, 0.6) is 0 Å². The van der Waals surface area contributed by atoms with Gasteiger partial charge in [-0.1, -0.05) is 36.4 Å². The molecule has 2 aromatic carbocycles. The van der Waals surface area contributed by atoms with Crippen molar-refractivity contribution in [2.45, 2.75) is 25.3 Å². The van der Waals surface area contributed by atoms with Gasteiger partial charge in [-0.25, -0.2) is 0 Å². The number of carbonyl (C=O) groups excluding carboxylic acids is 3. The Hall–Kier alpha value is -2.95. The molecule has 2 aliphatic rings. The van der Waals surface area contributed by atoms with Gasteiger partial charge in [0.15, 0.2) is 0 Å². The zero-order chi connectivity index (χ0) is 18.3. The minimum atomic E-state index is -0.313. The van der Waals surface area contributed by atoms with Gasteiger partial charge in [0.25, 0.3) is 11.8 Å². The molecular formula is C21H20N2O3. The van der Waals surface area contributed by atoms with Gasteiger partial charge in [-0.15, -0.1) is 0 Å². The number of fused-ring (bicyclic) bond motifs is 2. The molecule has 0 fully saturated rings. The molecule has 4 rings (SSSR count).